The van der Waals surface area contributed by atoms with Gasteiger partial charge in [0.15, 0.2) is 0 Å². The molecule has 74 valence electrons. The van der Waals surface area contributed by atoms with E-state index in [2.05, 4.69) is 12.2 Å². The fraction of sp³-hybridized carbons (Fsp3) is 0.364. The summed E-state index contributed by atoms with van der Waals surface area (Å²) in [6.07, 6.45) is 2.12. The second-order valence-electron chi connectivity index (χ2n) is 3.79. The first kappa shape index (κ1) is 9.06. The Labute approximate surface area is 83.3 Å². The maximum absolute atomic E-state index is 11.2. The zero-order chi connectivity index (χ0) is 10.1. The van der Waals surface area contributed by atoms with Crippen LogP contribution in [0, 0.1) is 0 Å². The van der Waals surface area contributed by atoms with Crippen molar-refractivity contribution in [2.45, 2.75) is 25.8 Å². The van der Waals surface area contributed by atoms with Crippen LogP contribution >= 0.6 is 0 Å². The van der Waals surface area contributed by atoms with Gasteiger partial charge >= 0.3 is 0 Å². The number of para-hydroxylation sites is 1. The number of hydrogen-bond donors (Lipinski definition) is 2. The quantitative estimate of drug-likeness (QED) is 0.705. The number of hydrogen-bond acceptors (Lipinski definition) is 2. The highest BCUT2D eigenvalue weighted by molar-refractivity contribution is 5.99. The molecule has 3 nitrogen and oxygen atoms in total. The molecule has 1 aromatic carbocycles. The van der Waals surface area contributed by atoms with E-state index in [-0.39, 0.29) is 5.91 Å². The van der Waals surface area contributed by atoms with Crippen LogP contribution in [0.15, 0.2) is 18.2 Å². The van der Waals surface area contributed by atoms with E-state index in [0.717, 1.165) is 18.5 Å². The molecule has 0 spiro atoms. The zero-order valence-electron chi connectivity index (χ0n) is 8.21. The standard InChI is InChI=1S/C11H14N2O/c1-7-5-6-8-3-2-4-9(11(12)14)10(8)13-7/h2-4,7,13H,5-6H2,1H3,(H2,12,14)/t7-/m1/s1. The highest BCUT2D eigenvalue weighted by Crippen LogP contribution is 2.27. The van der Waals surface area contributed by atoms with E-state index >= 15 is 0 Å². The summed E-state index contributed by atoms with van der Waals surface area (Å²) in [4.78, 5) is 11.2. The molecule has 2 rings (SSSR count). The second-order valence-corrected chi connectivity index (χ2v) is 3.79. The Kier molecular flexibility index (Phi) is 2.15. The molecule has 1 atom stereocenters. The normalized spacial score (nSPS) is 19.6. The maximum atomic E-state index is 11.2. The van der Waals surface area contributed by atoms with Gasteiger partial charge in [-0.05, 0) is 31.4 Å². The topological polar surface area (TPSA) is 55.1 Å². The highest BCUT2D eigenvalue weighted by Gasteiger charge is 2.18. The third-order valence-corrected chi connectivity index (χ3v) is 2.65. The summed E-state index contributed by atoms with van der Waals surface area (Å²) in [5.74, 6) is -0.358. The lowest BCUT2D eigenvalue weighted by Crippen LogP contribution is -2.25. The van der Waals surface area contributed by atoms with Gasteiger partial charge in [0.05, 0.1) is 11.3 Å². The third-order valence-electron chi connectivity index (χ3n) is 2.65. The summed E-state index contributed by atoms with van der Waals surface area (Å²) in [7, 11) is 0. The number of anilines is 1. The zero-order valence-corrected chi connectivity index (χ0v) is 8.21. The van der Waals surface area contributed by atoms with Crippen LogP contribution in [0.1, 0.15) is 29.3 Å². The van der Waals surface area contributed by atoms with Crippen molar-refractivity contribution in [1.29, 1.82) is 0 Å². The molecule has 3 N–H and O–H groups in total. The first-order chi connectivity index (χ1) is 6.68. The number of nitrogens with two attached hydrogens (primary N) is 1. The molecule has 1 aliphatic rings. The molecule has 14 heavy (non-hydrogen) atoms. The molecule has 0 bridgehead atoms. The van der Waals surface area contributed by atoms with Gasteiger partial charge in [-0.1, -0.05) is 12.1 Å². The minimum atomic E-state index is -0.358. The average Bonchev–Trinajstić information content (AvgIpc) is 2.16. The van der Waals surface area contributed by atoms with E-state index in [1.165, 1.54) is 5.56 Å². The molecule has 0 aromatic heterocycles. The molecule has 0 saturated heterocycles. The fourth-order valence-corrected chi connectivity index (χ4v) is 1.87. The number of primary amides is 1. The Morgan fingerprint density at radius 3 is 3.07 bits per heavy atom. The van der Waals surface area contributed by atoms with E-state index in [9.17, 15) is 4.79 Å². The van der Waals surface area contributed by atoms with Gasteiger partial charge in [0.2, 0.25) is 0 Å². The molecule has 1 heterocycles. The van der Waals surface area contributed by atoms with Gasteiger partial charge in [-0.25, -0.2) is 0 Å². The van der Waals surface area contributed by atoms with E-state index in [4.69, 9.17) is 5.73 Å². The van der Waals surface area contributed by atoms with Crippen molar-refractivity contribution >= 4 is 11.6 Å². The molecule has 1 aromatic rings. The molecule has 1 amide bonds. The minimum absolute atomic E-state index is 0.358. The van der Waals surface area contributed by atoms with Crippen molar-refractivity contribution in [1.82, 2.24) is 0 Å². The number of benzene rings is 1. The molecule has 3 heteroatoms. The van der Waals surface area contributed by atoms with E-state index in [1.54, 1.807) is 6.07 Å². The number of nitrogens with one attached hydrogen (secondary N) is 1. The molecular weight excluding hydrogens is 176 g/mol. The number of carbonyl (C=O) groups excluding carboxylic acids is 1. The maximum Gasteiger partial charge on any atom is 0.250 e. The molecule has 0 fully saturated rings. The molecule has 1 aliphatic heterocycles. The SMILES string of the molecule is C[C@@H]1CCc2cccc(C(N)=O)c2N1. The van der Waals surface area contributed by atoms with Crippen LogP contribution in [-0.2, 0) is 6.42 Å². The van der Waals surface area contributed by atoms with Crippen LogP contribution in [0.25, 0.3) is 0 Å². The lowest BCUT2D eigenvalue weighted by atomic mass is 9.96. The molecular formula is C11H14N2O. The number of rotatable bonds is 1. The first-order valence-corrected chi connectivity index (χ1v) is 4.86. The lowest BCUT2D eigenvalue weighted by Gasteiger charge is -2.25. The number of carbonyl (C=O) groups is 1. The summed E-state index contributed by atoms with van der Waals surface area (Å²) < 4.78 is 0. The summed E-state index contributed by atoms with van der Waals surface area (Å²) in [5.41, 5.74) is 8.03. The Bertz CT molecular complexity index is 374. The summed E-state index contributed by atoms with van der Waals surface area (Å²) in [5, 5.41) is 3.31. The summed E-state index contributed by atoms with van der Waals surface area (Å²) in [6.45, 7) is 2.11. The van der Waals surface area contributed by atoms with Crippen LogP contribution in [0.4, 0.5) is 5.69 Å². The van der Waals surface area contributed by atoms with Crippen LogP contribution in [-0.4, -0.2) is 11.9 Å². The van der Waals surface area contributed by atoms with Crippen LogP contribution in [0.2, 0.25) is 0 Å². The predicted octanol–water partition coefficient (Wildman–Crippen LogP) is 1.53. The van der Waals surface area contributed by atoms with Crippen molar-refractivity contribution in [3.63, 3.8) is 0 Å². The van der Waals surface area contributed by atoms with Crippen LogP contribution < -0.4 is 11.1 Å². The van der Waals surface area contributed by atoms with Crippen molar-refractivity contribution in [3.8, 4) is 0 Å². The van der Waals surface area contributed by atoms with Crippen LogP contribution in [0.3, 0.4) is 0 Å². The van der Waals surface area contributed by atoms with Crippen LogP contribution in [0.5, 0.6) is 0 Å². The fourth-order valence-electron chi connectivity index (χ4n) is 1.87. The van der Waals surface area contributed by atoms with Gasteiger partial charge in [0.25, 0.3) is 5.91 Å². The predicted molar refractivity (Wildman–Crippen MR) is 56.4 cm³/mol. The monoisotopic (exact) mass is 190 g/mol. The van der Waals surface area contributed by atoms with Gasteiger partial charge in [0.1, 0.15) is 0 Å². The Morgan fingerprint density at radius 1 is 1.57 bits per heavy atom. The lowest BCUT2D eigenvalue weighted by molar-refractivity contribution is 0.100. The Morgan fingerprint density at radius 2 is 2.36 bits per heavy atom. The van der Waals surface area contributed by atoms with Gasteiger partial charge < -0.3 is 11.1 Å². The first-order valence-electron chi connectivity index (χ1n) is 4.86. The number of aryl methyl sites for hydroxylation is 1. The Balaban J connectivity index is 2.48. The number of amides is 1. The van der Waals surface area contributed by atoms with E-state index in [1.807, 2.05) is 12.1 Å². The Hall–Kier alpha value is -1.51. The summed E-state index contributed by atoms with van der Waals surface area (Å²) >= 11 is 0. The molecule has 0 unspecified atom stereocenters. The van der Waals surface area contributed by atoms with Crippen molar-refractivity contribution < 1.29 is 4.79 Å². The van der Waals surface area contributed by atoms with E-state index in [0.29, 0.717) is 11.6 Å². The van der Waals surface area contributed by atoms with Gasteiger partial charge in [0, 0.05) is 6.04 Å². The molecule has 0 saturated carbocycles. The van der Waals surface area contributed by atoms with Gasteiger partial charge in [-0.3, -0.25) is 4.79 Å². The highest BCUT2D eigenvalue weighted by atomic mass is 16.1. The largest absolute Gasteiger partial charge is 0.382 e. The minimum Gasteiger partial charge on any atom is -0.382 e. The molecule has 0 radical (unpaired) electrons. The smallest absolute Gasteiger partial charge is 0.250 e. The van der Waals surface area contributed by atoms with Gasteiger partial charge in [-0.2, -0.15) is 0 Å². The molecule has 0 aliphatic carbocycles. The third kappa shape index (κ3) is 1.45. The summed E-state index contributed by atoms with van der Waals surface area (Å²) in [6, 6.07) is 6.12. The van der Waals surface area contributed by atoms with Gasteiger partial charge in [-0.15, -0.1) is 0 Å². The average molecular weight is 190 g/mol. The van der Waals surface area contributed by atoms with Crippen molar-refractivity contribution in [2.75, 3.05) is 5.32 Å². The van der Waals surface area contributed by atoms with E-state index < -0.39 is 0 Å². The van der Waals surface area contributed by atoms with Crippen molar-refractivity contribution in [2.24, 2.45) is 5.73 Å². The number of fused-ring (bicyclic) bond motifs is 1. The van der Waals surface area contributed by atoms with Crippen molar-refractivity contribution in [3.05, 3.63) is 29.3 Å². The second kappa shape index (κ2) is 3.33.